The molecule has 0 radical (unpaired) electrons. The molecule has 0 saturated carbocycles. The first-order chi connectivity index (χ1) is 10.2. The number of ether oxygens (including phenoxy) is 2. The molecule has 0 heterocycles. The second kappa shape index (κ2) is 10.6. The Hall–Kier alpha value is -1.10. The van der Waals surface area contributed by atoms with Crippen molar-refractivity contribution in [3.8, 4) is 5.75 Å². The van der Waals surface area contributed by atoms with Crippen molar-refractivity contribution in [3.05, 3.63) is 29.8 Å². The van der Waals surface area contributed by atoms with E-state index in [4.69, 9.17) is 9.47 Å². The summed E-state index contributed by atoms with van der Waals surface area (Å²) in [5, 5.41) is 11.9. The molecule has 0 aliphatic carbocycles. The largest absolute Gasteiger partial charge is 0.491 e. The van der Waals surface area contributed by atoms with Crippen LogP contribution in [-0.4, -0.2) is 43.6 Å². The summed E-state index contributed by atoms with van der Waals surface area (Å²) in [5.74, 6) is 0.862. The molecule has 0 aromatic heterocycles. The van der Waals surface area contributed by atoms with E-state index in [9.17, 15) is 5.11 Å². The average Bonchev–Trinajstić information content (AvgIpc) is 2.52. The van der Waals surface area contributed by atoms with Gasteiger partial charge in [0.1, 0.15) is 25.0 Å². The lowest BCUT2D eigenvalue weighted by atomic mass is 10.2. The summed E-state index contributed by atoms with van der Waals surface area (Å²) in [6.45, 7) is 8.50. The van der Waals surface area contributed by atoms with Gasteiger partial charge in [0.15, 0.2) is 0 Å². The van der Waals surface area contributed by atoms with Crippen molar-refractivity contribution in [2.24, 2.45) is 0 Å². The molecule has 0 aliphatic rings. The first-order valence-electron chi connectivity index (χ1n) is 7.96. The lowest BCUT2D eigenvalue weighted by Gasteiger charge is -2.13. The zero-order valence-corrected chi connectivity index (χ0v) is 13.5. The average molecular weight is 296 g/mol. The van der Waals surface area contributed by atoms with Crippen LogP contribution in [0.1, 0.15) is 32.8 Å². The van der Waals surface area contributed by atoms with Crippen molar-refractivity contribution in [1.29, 1.82) is 0 Å². The first-order valence-corrected chi connectivity index (χ1v) is 7.96. The van der Waals surface area contributed by atoms with E-state index >= 15 is 0 Å². The molecule has 1 aromatic carbocycles. The molecular weight excluding hydrogens is 266 g/mol. The molecule has 0 aliphatic heterocycles. The molecule has 1 rings (SSSR count). The molecule has 0 amide bonds. The number of aryl methyl sites for hydroxylation is 1. The van der Waals surface area contributed by atoms with Crippen LogP contribution in [0.15, 0.2) is 24.3 Å². The molecule has 3 N–H and O–H groups in total. The molecule has 0 unspecified atom stereocenters. The van der Waals surface area contributed by atoms with Gasteiger partial charge in [0.25, 0.3) is 0 Å². The van der Waals surface area contributed by atoms with Gasteiger partial charge in [-0.2, -0.15) is 0 Å². The van der Waals surface area contributed by atoms with Crippen molar-refractivity contribution in [1.82, 2.24) is 0 Å². The monoisotopic (exact) mass is 296 g/mol. The smallest absolute Gasteiger partial charge is 0.126 e. The summed E-state index contributed by atoms with van der Waals surface area (Å²) in [6.07, 6.45) is 1.73. The molecule has 120 valence electrons. The Morgan fingerprint density at radius 3 is 2.48 bits per heavy atom. The van der Waals surface area contributed by atoms with Crippen molar-refractivity contribution < 1.29 is 19.9 Å². The summed E-state index contributed by atoms with van der Waals surface area (Å²) in [6, 6.07) is 8.66. The fourth-order valence-corrected chi connectivity index (χ4v) is 1.88. The zero-order chi connectivity index (χ0) is 15.5. The van der Waals surface area contributed by atoms with Crippen LogP contribution in [0.2, 0.25) is 0 Å². The van der Waals surface area contributed by atoms with E-state index in [1.165, 1.54) is 5.56 Å². The third-order valence-electron chi connectivity index (χ3n) is 3.59. The van der Waals surface area contributed by atoms with Crippen molar-refractivity contribution in [3.63, 3.8) is 0 Å². The van der Waals surface area contributed by atoms with E-state index in [-0.39, 0.29) is 0 Å². The summed E-state index contributed by atoms with van der Waals surface area (Å²) in [4.78, 5) is 0. The normalized spacial score (nSPS) is 13.9. The van der Waals surface area contributed by atoms with E-state index in [0.717, 1.165) is 18.6 Å². The third-order valence-corrected chi connectivity index (χ3v) is 3.59. The molecule has 2 atom stereocenters. The molecular formula is C17H30NO3+. The van der Waals surface area contributed by atoms with Crippen molar-refractivity contribution in [2.75, 3.05) is 26.4 Å². The topological polar surface area (TPSA) is 55.3 Å². The Balaban J connectivity index is 2.05. The van der Waals surface area contributed by atoms with E-state index in [0.29, 0.717) is 32.4 Å². The van der Waals surface area contributed by atoms with Gasteiger partial charge >= 0.3 is 0 Å². The van der Waals surface area contributed by atoms with Crippen molar-refractivity contribution >= 4 is 0 Å². The number of nitrogens with two attached hydrogens (primary N) is 1. The highest BCUT2D eigenvalue weighted by molar-refractivity contribution is 5.27. The van der Waals surface area contributed by atoms with Gasteiger partial charge in [0.2, 0.25) is 0 Å². The van der Waals surface area contributed by atoms with Crippen LogP contribution in [-0.2, 0) is 11.2 Å². The molecule has 0 saturated heterocycles. The minimum atomic E-state index is -0.414. The number of hydrogen-bond acceptors (Lipinski definition) is 3. The van der Waals surface area contributed by atoms with E-state index in [1.807, 2.05) is 12.1 Å². The van der Waals surface area contributed by atoms with Crippen LogP contribution < -0.4 is 10.1 Å². The Morgan fingerprint density at radius 1 is 1.14 bits per heavy atom. The Bertz CT molecular complexity index is 367. The van der Waals surface area contributed by atoms with Crippen LogP contribution in [0.25, 0.3) is 0 Å². The molecule has 4 heteroatoms. The van der Waals surface area contributed by atoms with Crippen LogP contribution in [0.3, 0.4) is 0 Å². The Morgan fingerprint density at radius 2 is 1.86 bits per heavy atom. The van der Waals surface area contributed by atoms with Gasteiger partial charge < -0.3 is 19.9 Å². The summed E-state index contributed by atoms with van der Waals surface area (Å²) in [5.41, 5.74) is 1.30. The van der Waals surface area contributed by atoms with Crippen molar-refractivity contribution in [2.45, 2.75) is 45.8 Å². The quantitative estimate of drug-likeness (QED) is 0.606. The lowest BCUT2D eigenvalue weighted by Crippen LogP contribution is -2.91. The number of aliphatic hydroxyl groups excluding tert-OH is 1. The fourth-order valence-electron chi connectivity index (χ4n) is 1.88. The predicted octanol–water partition coefficient (Wildman–Crippen LogP) is 1.37. The maximum atomic E-state index is 9.77. The predicted molar refractivity (Wildman–Crippen MR) is 84.7 cm³/mol. The maximum absolute atomic E-state index is 9.77. The van der Waals surface area contributed by atoms with Crippen LogP contribution in [0.5, 0.6) is 5.75 Å². The SMILES string of the molecule is CCc1ccc(OCCOC[C@@H](O)C[NH2+][C@H](C)CC)cc1. The third kappa shape index (κ3) is 8.05. The van der Waals surface area contributed by atoms with Crippen LogP contribution >= 0.6 is 0 Å². The van der Waals surface area contributed by atoms with Gasteiger partial charge in [0.05, 0.1) is 19.3 Å². The standard InChI is InChI=1S/C17H29NO3/c1-4-14(3)18-12-16(19)13-20-10-11-21-17-8-6-15(5-2)7-9-17/h6-9,14,16,18-19H,4-5,10-13H2,1-3H3/p+1/t14-,16+/m1/s1. The lowest BCUT2D eigenvalue weighted by molar-refractivity contribution is -0.692. The van der Waals surface area contributed by atoms with E-state index < -0.39 is 6.10 Å². The molecule has 21 heavy (non-hydrogen) atoms. The van der Waals surface area contributed by atoms with Crippen LogP contribution in [0.4, 0.5) is 0 Å². The van der Waals surface area contributed by atoms with Gasteiger partial charge in [-0.25, -0.2) is 0 Å². The fraction of sp³-hybridized carbons (Fsp3) is 0.647. The number of rotatable bonds is 11. The van der Waals surface area contributed by atoms with Gasteiger partial charge in [-0.15, -0.1) is 0 Å². The highest BCUT2D eigenvalue weighted by Crippen LogP contribution is 2.12. The molecule has 4 nitrogen and oxygen atoms in total. The molecule has 0 fully saturated rings. The van der Waals surface area contributed by atoms with Gasteiger partial charge in [-0.1, -0.05) is 26.0 Å². The zero-order valence-electron chi connectivity index (χ0n) is 13.5. The number of hydrogen-bond donors (Lipinski definition) is 2. The van der Waals surface area contributed by atoms with Gasteiger partial charge in [-0.05, 0) is 37.5 Å². The second-order valence-electron chi connectivity index (χ2n) is 5.43. The maximum Gasteiger partial charge on any atom is 0.126 e. The minimum absolute atomic E-state index is 0.366. The second-order valence-corrected chi connectivity index (χ2v) is 5.43. The summed E-state index contributed by atoms with van der Waals surface area (Å²) >= 11 is 0. The van der Waals surface area contributed by atoms with Gasteiger partial charge in [-0.3, -0.25) is 0 Å². The number of benzene rings is 1. The highest BCUT2D eigenvalue weighted by Gasteiger charge is 2.09. The molecule has 0 spiro atoms. The number of quaternary nitrogens is 1. The summed E-state index contributed by atoms with van der Waals surface area (Å²) in [7, 11) is 0. The van der Waals surface area contributed by atoms with Crippen LogP contribution in [0, 0.1) is 0 Å². The van der Waals surface area contributed by atoms with Gasteiger partial charge in [0, 0.05) is 0 Å². The Labute approximate surface area is 128 Å². The minimum Gasteiger partial charge on any atom is -0.491 e. The molecule has 1 aromatic rings. The highest BCUT2D eigenvalue weighted by atomic mass is 16.5. The van der Waals surface area contributed by atoms with E-state index in [2.05, 4.69) is 38.2 Å². The van der Waals surface area contributed by atoms with E-state index in [1.54, 1.807) is 0 Å². The summed E-state index contributed by atoms with van der Waals surface area (Å²) < 4.78 is 11.0. The number of aliphatic hydroxyl groups is 1. The Kier molecular flexibility index (Phi) is 9.06. The molecule has 0 bridgehead atoms. The first kappa shape index (κ1) is 18.0.